The maximum Gasteiger partial charge on any atom is 0.330 e. The smallest absolute Gasteiger partial charge is 0.330 e. The zero-order valence-electron chi connectivity index (χ0n) is 52.6. The van der Waals surface area contributed by atoms with Crippen LogP contribution >= 0.6 is 12.4 Å². The van der Waals surface area contributed by atoms with Crippen molar-refractivity contribution in [3.63, 3.8) is 0 Å². The molecule has 0 aromatic carbocycles. The minimum Gasteiger partial charge on any atom is -1.00 e. The molecule has 2 unspecified atom stereocenters. The SMILES string of the molecule is CCCCNC(=O)CCC(=O)CCC(=O)OC1[C@@H](CC)O[C@@H](n2ccc(=O)[nH]c2=O)[C@H]1O[Si](C(C)C)(C(C)C)C(C)C.C[CH-]CCN1C(=O)CCC1=CCC(=O)OC1[C@@H](CO)O[C@@H](n2ccc(=O)[nH]c2=O)[C@H]1O[Si](C(C)C)(C(C)C)C(C)C.Cl.[Cl-]. The first kappa shape index (κ1) is 76.6. The Morgan fingerprint density at radius 2 is 1.15 bits per heavy atom. The molecular formula is C59H98Cl2N6O16Si2-2. The first-order chi connectivity index (χ1) is 39.1. The molecule has 22 nitrogen and oxygen atoms in total. The van der Waals surface area contributed by atoms with Gasteiger partial charge in [-0.3, -0.25) is 52.7 Å². The fourth-order valence-corrected chi connectivity index (χ4v) is 23.6. The average molecular weight is 1270 g/mol. The number of H-pyrrole nitrogens is 2. The van der Waals surface area contributed by atoms with Crippen molar-refractivity contribution in [1.82, 2.24) is 29.3 Å². The number of aliphatic hydroxyl groups excluding tert-OH is 1. The van der Waals surface area contributed by atoms with Gasteiger partial charge in [-0.05, 0) is 59.1 Å². The topological polar surface area (TPSA) is 286 Å². The van der Waals surface area contributed by atoms with E-state index in [1.807, 2.05) is 27.2 Å². The summed E-state index contributed by atoms with van der Waals surface area (Å²) in [4.78, 5) is 118. The van der Waals surface area contributed by atoms with Gasteiger partial charge in [0.1, 0.15) is 24.1 Å². The maximum absolute atomic E-state index is 13.2. The van der Waals surface area contributed by atoms with Crippen LogP contribution in [-0.4, -0.2) is 132 Å². The second-order valence-electron chi connectivity index (χ2n) is 23.8. The first-order valence-corrected chi connectivity index (χ1v) is 34.3. The summed E-state index contributed by atoms with van der Waals surface area (Å²) in [5, 5.41) is 13.0. The van der Waals surface area contributed by atoms with Crippen molar-refractivity contribution < 1.29 is 69.3 Å². The van der Waals surface area contributed by atoms with Gasteiger partial charge in [-0.1, -0.05) is 109 Å². The van der Waals surface area contributed by atoms with Crippen LogP contribution in [0, 0.1) is 6.42 Å². The summed E-state index contributed by atoms with van der Waals surface area (Å²) in [5.41, 5.74) is -0.459. The fourth-order valence-electron chi connectivity index (χ4n) is 12.5. The van der Waals surface area contributed by atoms with Crippen LogP contribution in [0.5, 0.6) is 0 Å². The Morgan fingerprint density at radius 3 is 1.59 bits per heavy atom. The van der Waals surface area contributed by atoms with E-state index >= 15 is 0 Å². The Hall–Kier alpha value is -4.54. The molecule has 3 aliphatic rings. The first-order valence-electron chi connectivity index (χ1n) is 30.0. The second kappa shape index (κ2) is 35.5. The molecule has 5 rings (SSSR count). The summed E-state index contributed by atoms with van der Waals surface area (Å²) >= 11 is 0. The van der Waals surface area contributed by atoms with E-state index in [0.29, 0.717) is 32.4 Å². The Kier molecular flexibility index (Phi) is 31.9. The van der Waals surface area contributed by atoms with E-state index in [-0.39, 0.29) is 108 Å². The molecule has 0 aliphatic carbocycles. The normalized spacial score (nSPS) is 22.1. The lowest BCUT2D eigenvalue weighted by atomic mass is 10.1. The van der Waals surface area contributed by atoms with Crippen molar-refractivity contribution in [3.05, 3.63) is 84.4 Å². The molecule has 26 heteroatoms. The number of ether oxygens (including phenoxy) is 4. The lowest BCUT2D eigenvalue weighted by Gasteiger charge is -2.45. The van der Waals surface area contributed by atoms with Gasteiger partial charge in [0, 0.05) is 62.5 Å². The standard InChI is InChI=1S/C30H51N3O8Si.C29H46N3O8Si.2ClH/c1-9-11-17-31-24(35)14-12-22(34)13-15-26(37)40-27-23(10-2)39-29(33-18-16-25(36)32-30(33)38)28(27)41-42(19(3)4,20(5)6)21(7)8;1-8-9-15-31-21(10-12-24(31)35)11-13-25(36)39-26-22(17-33)38-28(32-16-14-23(34)30-29(32)37)27(26)40-41(18(2)3,19(4)5)20(6)7;;/h16,18-21,23,27-29H,9-15,17H2,1-8H3,(H,31,35)(H,32,36,38);8,11,14,16,18-20,22,26-28,33H,9-10,12-13,15,17H2,1-7H3,(H,30,34,37);2*1H/q;-1;;/p-1/t23-,27?,28+,29-;22-,26?,27+,28-;;/m11../s1. The molecule has 5 heterocycles. The lowest BCUT2D eigenvalue weighted by Crippen LogP contribution is -3.00. The molecule has 4 N–H and O–H groups in total. The zero-order chi connectivity index (χ0) is 62.1. The molecule has 2 aromatic heterocycles. The largest absolute Gasteiger partial charge is 1.00 e. The minimum atomic E-state index is -2.60. The number of esters is 2. The summed E-state index contributed by atoms with van der Waals surface area (Å²) in [5.74, 6) is -1.46. The van der Waals surface area contributed by atoms with Crippen LogP contribution in [0.15, 0.2) is 55.5 Å². The highest BCUT2D eigenvalue weighted by Crippen LogP contribution is 2.48. The highest BCUT2D eigenvalue weighted by atomic mass is 35.5. The molecule has 3 aliphatic heterocycles. The van der Waals surface area contributed by atoms with Gasteiger partial charge in [-0.15, -0.1) is 12.4 Å². The number of carbonyl (C=O) groups is 5. The predicted molar refractivity (Wildman–Crippen MR) is 326 cm³/mol. The summed E-state index contributed by atoms with van der Waals surface area (Å²) < 4.78 is 41.0. The average Bonchev–Trinajstić information content (AvgIpc) is 1.86. The number of amides is 2. The Labute approximate surface area is 515 Å². The van der Waals surface area contributed by atoms with Gasteiger partial charge in [-0.2, -0.15) is 13.3 Å². The molecular weight excluding hydrogens is 1180 g/mol. The van der Waals surface area contributed by atoms with E-state index in [9.17, 15) is 48.3 Å². The molecule has 2 aromatic rings. The van der Waals surface area contributed by atoms with Gasteiger partial charge >= 0.3 is 23.3 Å². The number of hydrogen-bond acceptors (Lipinski definition) is 16. The number of rotatable bonds is 30. The van der Waals surface area contributed by atoms with Gasteiger partial charge < -0.3 is 62.0 Å². The van der Waals surface area contributed by atoms with E-state index in [1.165, 1.54) is 33.7 Å². The van der Waals surface area contributed by atoms with Gasteiger partial charge in [0.05, 0.1) is 25.6 Å². The van der Waals surface area contributed by atoms with Crippen LogP contribution in [0.4, 0.5) is 0 Å². The number of ketones is 1. The number of nitrogens with zero attached hydrogens (tertiary/aromatic N) is 3. The Bertz CT molecular complexity index is 2700. The van der Waals surface area contributed by atoms with Crippen molar-refractivity contribution >= 4 is 58.6 Å². The molecule has 85 heavy (non-hydrogen) atoms. The number of allylic oxidation sites excluding steroid dienone is 1. The van der Waals surface area contributed by atoms with Crippen molar-refractivity contribution in [2.24, 2.45) is 0 Å². The van der Waals surface area contributed by atoms with Crippen LogP contribution < -0.4 is 40.2 Å². The molecule has 484 valence electrons. The lowest BCUT2D eigenvalue weighted by molar-refractivity contribution is -0.156. The number of hydrogen-bond donors (Lipinski definition) is 4. The van der Waals surface area contributed by atoms with E-state index in [2.05, 4.69) is 98.4 Å². The van der Waals surface area contributed by atoms with Crippen molar-refractivity contribution in [2.45, 2.75) is 257 Å². The number of halogens is 2. The van der Waals surface area contributed by atoms with Gasteiger partial charge in [0.2, 0.25) is 28.4 Å². The molecule has 3 fully saturated rings. The van der Waals surface area contributed by atoms with Crippen LogP contribution in [0.3, 0.4) is 0 Å². The molecule has 3 saturated heterocycles. The minimum absolute atomic E-state index is 0. The number of carbonyl (C=O) groups excluding carboxylic acids is 5. The van der Waals surface area contributed by atoms with Crippen molar-refractivity contribution in [2.75, 3.05) is 19.7 Å². The summed E-state index contributed by atoms with van der Waals surface area (Å²) in [6.07, 6.45) is 3.36. The van der Waals surface area contributed by atoms with Gasteiger partial charge in [-0.25, -0.2) is 9.59 Å². The number of aromatic amines is 2. The highest BCUT2D eigenvalue weighted by molar-refractivity contribution is 6.78. The highest BCUT2D eigenvalue weighted by Gasteiger charge is 2.57. The monoisotopic (exact) mass is 1270 g/mol. The van der Waals surface area contributed by atoms with Gasteiger partial charge in [0.15, 0.2) is 24.7 Å². The number of likely N-dealkylation sites (tertiary alicyclic amines) is 1. The van der Waals surface area contributed by atoms with E-state index in [1.54, 1.807) is 11.0 Å². The molecule has 8 atom stereocenters. The third-order valence-electron chi connectivity index (χ3n) is 16.5. The molecule has 0 radical (unpaired) electrons. The van der Waals surface area contributed by atoms with Crippen LogP contribution in [0.2, 0.25) is 33.2 Å². The van der Waals surface area contributed by atoms with E-state index in [0.717, 1.165) is 25.0 Å². The number of aromatic nitrogens is 4. The maximum atomic E-state index is 13.2. The fraction of sp³-hybridized carbons (Fsp3) is 0.729. The number of aliphatic hydroxyl groups is 1. The van der Waals surface area contributed by atoms with E-state index < -0.39 is 107 Å². The van der Waals surface area contributed by atoms with Crippen LogP contribution in [0.1, 0.15) is 187 Å². The van der Waals surface area contributed by atoms with E-state index in [4.69, 9.17) is 27.8 Å². The second-order valence-corrected chi connectivity index (χ2v) is 34.7. The third kappa shape index (κ3) is 19.5. The molecule has 2 amide bonds. The number of unbranched alkanes of at least 4 members (excludes halogenated alkanes) is 2. The number of Topliss-reactive ketones (excluding diaryl/α,β-unsaturated/α-hetero) is 1. The molecule has 0 saturated carbocycles. The molecule has 0 spiro atoms. The summed E-state index contributed by atoms with van der Waals surface area (Å²) in [7, 11) is -5.15. The van der Waals surface area contributed by atoms with Crippen LogP contribution in [-0.2, 0) is 51.8 Å². The summed E-state index contributed by atoms with van der Waals surface area (Å²) in [6.45, 7) is 32.1. The Balaban J connectivity index is 0.000000567. The summed E-state index contributed by atoms with van der Waals surface area (Å²) in [6, 6.07) is 2.46. The van der Waals surface area contributed by atoms with Crippen molar-refractivity contribution in [3.8, 4) is 0 Å². The molecule has 0 bridgehead atoms. The van der Waals surface area contributed by atoms with Crippen molar-refractivity contribution in [1.29, 1.82) is 0 Å². The Morgan fingerprint density at radius 1 is 0.694 bits per heavy atom. The number of nitrogens with one attached hydrogen (secondary N) is 3. The third-order valence-corrected chi connectivity index (χ3v) is 28.7. The van der Waals surface area contributed by atoms with Crippen LogP contribution in [0.25, 0.3) is 0 Å². The van der Waals surface area contributed by atoms with Gasteiger partial charge in [0.25, 0.3) is 11.1 Å². The predicted octanol–water partition coefficient (Wildman–Crippen LogP) is 5.20. The zero-order valence-corrected chi connectivity index (χ0v) is 56.2. The quantitative estimate of drug-likeness (QED) is 0.0339.